The van der Waals surface area contributed by atoms with Gasteiger partial charge in [-0.1, -0.05) is 0 Å². The molecule has 0 bridgehead atoms. The summed E-state index contributed by atoms with van der Waals surface area (Å²) in [6.45, 7) is 3.22. The summed E-state index contributed by atoms with van der Waals surface area (Å²) in [5.74, 6) is 0. The Bertz CT molecular complexity index is 1020. The van der Waals surface area contributed by atoms with Gasteiger partial charge >= 0.3 is 172 Å². The summed E-state index contributed by atoms with van der Waals surface area (Å²) in [6, 6.07) is 40.7. The van der Waals surface area contributed by atoms with Gasteiger partial charge in [0.15, 0.2) is 0 Å². The normalized spacial score (nSPS) is 14.2. The Labute approximate surface area is 171 Å². The van der Waals surface area contributed by atoms with Gasteiger partial charge < -0.3 is 0 Å². The van der Waals surface area contributed by atoms with Crippen molar-refractivity contribution < 1.29 is 0 Å². The van der Waals surface area contributed by atoms with E-state index in [9.17, 15) is 0 Å². The maximum atomic E-state index is 2.49. The molecule has 0 atom stereocenters. The number of rotatable bonds is 3. The topological polar surface area (TPSA) is 3.24 Å². The summed E-state index contributed by atoms with van der Waals surface area (Å²) in [4.78, 5) is 2.49. The quantitative estimate of drug-likeness (QED) is 0.416. The zero-order chi connectivity index (χ0) is 19.0. The van der Waals surface area contributed by atoms with Gasteiger partial charge in [0.1, 0.15) is 0 Å². The van der Waals surface area contributed by atoms with Crippen LogP contribution in [0, 0.1) is 0 Å². The Balaban J connectivity index is 1.98. The molecule has 0 saturated heterocycles. The van der Waals surface area contributed by atoms with Crippen molar-refractivity contribution in [2.45, 2.75) is 6.92 Å². The molecule has 0 N–H and O–H groups in total. The molecule has 2 heteroatoms. The van der Waals surface area contributed by atoms with Crippen LogP contribution < -0.4 is 19.2 Å². The van der Waals surface area contributed by atoms with E-state index in [1.165, 1.54) is 18.5 Å². The zero-order valence-electron chi connectivity index (χ0n) is 16.0. The molecular weight excluding hydrogens is 445 g/mol. The van der Waals surface area contributed by atoms with Crippen molar-refractivity contribution in [1.29, 1.82) is 0 Å². The zero-order valence-corrected chi connectivity index (χ0v) is 18.9. The molecule has 0 amide bonds. The van der Waals surface area contributed by atoms with Crippen molar-refractivity contribution in [1.82, 2.24) is 0 Å². The number of nitrogens with zero attached hydrogens (tertiary/aromatic N) is 1. The fourth-order valence-electron chi connectivity index (χ4n) is 4.83. The summed E-state index contributed by atoms with van der Waals surface area (Å²) in [5.41, 5.74) is 2.76. The second-order valence-electron chi connectivity index (χ2n) is 7.26. The van der Waals surface area contributed by atoms with E-state index in [4.69, 9.17) is 0 Å². The van der Waals surface area contributed by atoms with Crippen molar-refractivity contribution in [3.63, 3.8) is 0 Å². The second kappa shape index (κ2) is 7.14. The molecule has 1 nitrogen and oxygen atoms in total. The van der Waals surface area contributed by atoms with Gasteiger partial charge in [-0.15, -0.1) is 0 Å². The van der Waals surface area contributed by atoms with E-state index in [0.717, 1.165) is 6.54 Å². The van der Waals surface area contributed by atoms with Crippen LogP contribution in [0.3, 0.4) is 0 Å². The van der Waals surface area contributed by atoms with Gasteiger partial charge in [-0.2, -0.15) is 0 Å². The Kier molecular flexibility index (Phi) is 4.48. The molecular formula is C26H23NSn. The Morgan fingerprint density at radius 3 is 1.36 bits per heavy atom. The van der Waals surface area contributed by atoms with Gasteiger partial charge in [-0.3, -0.25) is 0 Å². The van der Waals surface area contributed by atoms with E-state index in [1.807, 2.05) is 0 Å². The van der Waals surface area contributed by atoms with Crippen LogP contribution in [0.1, 0.15) is 6.92 Å². The first kappa shape index (κ1) is 17.6. The van der Waals surface area contributed by atoms with Crippen molar-refractivity contribution >= 4 is 44.1 Å². The minimum absolute atomic E-state index is 0.972. The molecule has 0 radical (unpaired) electrons. The number of fused-ring (bicyclic) bond motifs is 2. The molecule has 0 aromatic heterocycles. The predicted molar refractivity (Wildman–Crippen MR) is 123 cm³/mol. The first-order valence-corrected chi connectivity index (χ1v) is 15.7. The van der Waals surface area contributed by atoms with Crippen LogP contribution in [-0.2, 0) is 0 Å². The Morgan fingerprint density at radius 1 is 0.536 bits per heavy atom. The van der Waals surface area contributed by atoms with Crippen LogP contribution in [0.5, 0.6) is 0 Å². The number of hydrogen-bond donors (Lipinski definition) is 0. The summed E-state index contributed by atoms with van der Waals surface area (Å²) < 4.78 is 6.13. The van der Waals surface area contributed by atoms with E-state index >= 15 is 0 Å². The third-order valence-corrected chi connectivity index (χ3v) is 19.8. The fourth-order valence-corrected chi connectivity index (χ4v) is 19.5. The third-order valence-electron chi connectivity index (χ3n) is 5.93. The average Bonchev–Trinajstić information content (AvgIpc) is 2.78. The molecule has 5 rings (SSSR count). The Hall–Kier alpha value is -2.52. The molecule has 1 heterocycles. The second-order valence-corrected chi connectivity index (χ2v) is 17.9. The monoisotopic (exact) mass is 469 g/mol. The van der Waals surface area contributed by atoms with Gasteiger partial charge in [0.25, 0.3) is 0 Å². The van der Waals surface area contributed by atoms with Crippen LogP contribution in [-0.4, -0.2) is 24.9 Å². The number of anilines is 2. The van der Waals surface area contributed by atoms with E-state index < -0.39 is 18.4 Å². The van der Waals surface area contributed by atoms with Gasteiger partial charge in [-0.25, -0.2) is 0 Å². The molecule has 4 aromatic rings. The predicted octanol–water partition coefficient (Wildman–Crippen LogP) is 3.54. The molecule has 0 saturated carbocycles. The van der Waals surface area contributed by atoms with Gasteiger partial charge in [-0.05, 0) is 0 Å². The summed E-state index contributed by atoms with van der Waals surface area (Å²) in [5, 5.41) is 0. The van der Waals surface area contributed by atoms with Gasteiger partial charge in [0, 0.05) is 0 Å². The first-order chi connectivity index (χ1) is 13.9. The van der Waals surface area contributed by atoms with Crippen molar-refractivity contribution in [3.05, 3.63) is 109 Å². The fraction of sp³-hybridized carbons (Fsp3) is 0.0769. The molecule has 28 heavy (non-hydrogen) atoms. The average molecular weight is 468 g/mol. The van der Waals surface area contributed by atoms with Crippen LogP contribution in [0.25, 0.3) is 0 Å². The van der Waals surface area contributed by atoms with E-state index in [0.29, 0.717) is 0 Å². The van der Waals surface area contributed by atoms with Crippen molar-refractivity contribution in [2.75, 3.05) is 11.4 Å². The Morgan fingerprint density at radius 2 is 0.929 bits per heavy atom. The minimum atomic E-state index is -3.42. The number of para-hydroxylation sites is 2. The SMILES string of the molecule is CCN1c2cccc[c]2[Sn]([c]2ccccc2)([c]2ccccc2)[c]2ccccc21. The molecule has 1 aliphatic heterocycles. The molecule has 0 aliphatic carbocycles. The summed E-state index contributed by atoms with van der Waals surface area (Å²) in [6.07, 6.45) is 0. The molecule has 4 aromatic carbocycles. The molecule has 136 valence electrons. The van der Waals surface area contributed by atoms with Gasteiger partial charge in [0.2, 0.25) is 0 Å². The van der Waals surface area contributed by atoms with E-state index in [1.54, 1.807) is 7.16 Å². The van der Waals surface area contributed by atoms with Crippen LogP contribution in [0.15, 0.2) is 109 Å². The maximum absolute atomic E-state index is 3.42. The molecule has 0 spiro atoms. The standard InChI is InChI=1S/C14H13N.2C6H5.Sn/c1-2-15(13-9-5-3-6-10-13)14-11-7-4-8-12-14;2*1-2-4-6-5-3-1;/h3-9,11H,2H2,1H3;2*1-5H;. The number of benzene rings is 4. The van der Waals surface area contributed by atoms with Crippen LogP contribution >= 0.6 is 0 Å². The third kappa shape index (κ3) is 2.46. The molecule has 0 fully saturated rings. The van der Waals surface area contributed by atoms with Crippen LogP contribution in [0.2, 0.25) is 0 Å². The van der Waals surface area contributed by atoms with Crippen molar-refractivity contribution in [3.8, 4) is 0 Å². The van der Waals surface area contributed by atoms with E-state index in [-0.39, 0.29) is 0 Å². The van der Waals surface area contributed by atoms with E-state index in [2.05, 4.69) is 121 Å². The molecule has 1 aliphatic rings. The van der Waals surface area contributed by atoms with Gasteiger partial charge in [0.05, 0.1) is 0 Å². The molecule has 0 unspecified atom stereocenters. The van der Waals surface area contributed by atoms with Crippen molar-refractivity contribution in [2.24, 2.45) is 0 Å². The number of hydrogen-bond acceptors (Lipinski definition) is 1. The summed E-state index contributed by atoms with van der Waals surface area (Å²) in [7, 11) is 0. The van der Waals surface area contributed by atoms with Crippen LogP contribution in [0.4, 0.5) is 11.4 Å². The summed E-state index contributed by atoms with van der Waals surface area (Å²) >= 11 is -3.42. The first-order valence-electron chi connectivity index (χ1n) is 9.95.